The fourth-order valence-electron chi connectivity index (χ4n) is 8.89. The molecule has 9 rings (SSSR count). The number of benzene rings is 2. The minimum atomic E-state index is -1.11. The zero-order chi connectivity index (χ0) is 47.1. The molecule has 2 aromatic carbocycles. The number of amides is 6. The number of hydrogen-bond acceptors (Lipinski definition) is 17. The summed E-state index contributed by atoms with van der Waals surface area (Å²) in [6.07, 6.45) is 10.4. The van der Waals surface area contributed by atoms with Crippen molar-refractivity contribution >= 4 is 64.1 Å². The Morgan fingerprint density at radius 3 is 2.41 bits per heavy atom. The van der Waals surface area contributed by atoms with Crippen LogP contribution in [0.1, 0.15) is 46.4 Å². The molecule has 68 heavy (non-hydrogen) atoms. The van der Waals surface area contributed by atoms with Crippen LogP contribution in [0.5, 0.6) is 5.75 Å². The van der Waals surface area contributed by atoms with Gasteiger partial charge in [-0.2, -0.15) is 0 Å². The van der Waals surface area contributed by atoms with E-state index in [-0.39, 0.29) is 68.6 Å². The minimum Gasteiger partial charge on any atom is -0.483 e. The number of imidazole rings is 1. The molecule has 4 aliphatic rings. The minimum absolute atomic E-state index is 0.00222. The average molecular weight is 930 g/mol. The van der Waals surface area contributed by atoms with Gasteiger partial charge in [0.2, 0.25) is 17.7 Å². The lowest BCUT2D eigenvalue weighted by Gasteiger charge is -2.43. The van der Waals surface area contributed by atoms with E-state index in [1.165, 1.54) is 24.4 Å². The Bertz CT molecular complexity index is 2700. The summed E-state index contributed by atoms with van der Waals surface area (Å²) in [6.45, 7) is 5.40. The lowest BCUT2D eigenvalue weighted by molar-refractivity contribution is -0.138. The first-order chi connectivity index (χ1) is 33.1. The van der Waals surface area contributed by atoms with Crippen molar-refractivity contribution < 1.29 is 43.0 Å². The summed E-state index contributed by atoms with van der Waals surface area (Å²) in [4.78, 5) is 101. The van der Waals surface area contributed by atoms with Gasteiger partial charge in [0.1, 0.15) is 35.6 Å². The summed E-state index contributed by atoms with van der Waals surface area (Å²) < 4.78 is 18.6. The number of imide groups is 2. The predicted octanol–water partition coefficient (Wildman–Crippen LogP) is 1.25. The van der Waals surface area contributed by atoms with E-state index in [0.29, 0.717) is 47.8 Å². The Morgan fingerprint density at radius 2 is 1.63 bits per heavy atom. The summed E-state index contributed by atoms with van der Waals surface area (Å²) >= 11 is 0. The van der Waals surface area contributed by atoms with Crippen LogP contribution in [0.25, 0.3) is 17.0 Å². The largest absolute Gasteiger partial charge is 0.483 e. The van der Waals surface area contributed by atoms with Crippen LogP contribution in [0, 0.1) is 0 Å². The van der Waals surface area contributed by atoms with Crippen molar-refractivity contribution in [3.05, 3.63) is 84.6 Å². The smallest absolute Gasteiger partial charge is 0.266 e. The highest BCUT2D eigenvalue weighted by atomic mass is 16.5. The highest BCUT2D eigenvalue weighted by molar-refractivity contribution is 6.24. The van der Waals surface area contributed by atoms with Crippen molar-refractivity contribution in [2.75, 3.05) is 94.8 Å². The molecule has 0 bridgehead atoms. The molecule has 0 saturated carbocycles. The molecule has 0 aliphatic carbocycles. The molecule has 3 saturated heterocycles. The number of piperazine rings is 1. The molecule has 354 valence electrons. The quantitative estimate of drug-likeness (QED) is 0.0756. The third kappa shape index (κ3) is 10.2. The highest BCUT2D eigenvalue weighted by Crippen LogP contribution is 2.34. The predicted molar refractivity (Wildman–Crippen MR) is 245 cm³/mol. The lowest BCUT2D eigenvalue weighted by Crippen LogP contribution is -2.54. The number of nitrogens with zero attached hydrogens (tertiary/aromatic N) is 9. The first-order valence-corrected chi connectivity index (χ1v) is 22.5. The number of piperidine rings is 2. The van der Waals surface area contributed by atoms with Gasteiger partial charge in [0, 0.05) is 88.2 Å². The molecule has 7 heterocycles. The Morgan fingerprint density at radius 1 is 0.838 bits per heavy atom. The Hall–Kier alpha value is -7.56. The average Bonchev–Trinajstić information content (AvgIpc) is 3.94. The van der Waals surface area contributed by atoms with Crippen molar-refractivity contribution in [2.24, 2.45) is 0 Å². The SMILES string of the molecule is Nc1cncc(-c2cn3ccnc3c(Nc3ccc(N4CCN(C5CCN(C(=O)COCCOCCNC(=O)COc6cccc7c6C(=O)N(C6CCC(=O)NC6=O)C7=O)CC5)CC4)cc3)n2)n1. The zero-order valence-electron chi connectivity index (χ0n) is 37.2. The van der Waals surface area contributed by atoms with Crippen LogP contribution in [0.4, 0.5) is 23.0 Å². The molecule has 1 unspecified atom stereocenters. The molecule has 5 N–H and O–H groups in total. The van der Waals surface area contributed by atoms with E-state index in [9.17, 15) is 28.8 Å². The van der Waals surface area contributed by atoms with Crippen LogP contribution in [0.15, 0.2) is 73.4 Å². The van der Waals surface area contributed by atoms with E-state index in [1.807, 2.05) is 33.8 Å². The molecular formula is C46H51N13O9. The number of aromatic nitrogens is 5. The van der Waals surface area contributed by atoms with Gasteiger partial charge in [-0.1, -0.05) is 6.07 Å². The first-order valence-electron chi connectivity index (χ1n) is 22.5. The summed E-state index contributed by atoms with van der Waals surface area (Å²) in [6, 6.07) is 12.0. The normalized spacial score (nSPS) is 17.9. The molecule has 0 spiro atoms. The van der Waals surface area contributed by atoms with Gasteiger partial charge in [-0.15, -0.1) is 0 Å². The third-order valence-electron chi connectivity index (χ3n) is 12.4. The van der Waals surface area contributed by atoms with E-state index in [2.05, 4.69) is 52.8 Å². The van der Waals surface area contributed by atoms with Crippen molar-refractivity contribution in [1.82, 2.24) is 49.7 Å². The standard InChI is InChI=1S/C46H51N13O9/c47-37-25-48-24-33(52-37)34-26-58-16-12-50-43(58)42(53-34)51-29-4-6-30(7-5-29)55-17-19-56(20-18-55)31-10-14-57(15-11-31)40(62)28-67-23-22-66-21-13-49-39(61)27-68-36-3-1-2-32-41(36)46(65)59(45(32)64)35-8-9-38(60)54-44(35)63/h1-7,12,16,24-26,31,35H,8-11,13-15,17-23,27-28H2,(H2,47,52)(H,49,61)(H,51,53)(H,54,60,63). The number of nitrogens with one attached hydrogen (secondary N) is 3. The van der Waals surface area contributed by atoms with Crippen molar-refractivity contribution in [3.8, 4) is 17.1 Å². The number of carbonyl (C=O) groups is 6. The van der Waals surface area contributed by atoms with Crippen molar-refractivity contribution in [2.45, 2.75) is 37.8 Å². The van der Waals surface area contributed by atoms with E-state index in [4.69, 9.17) is 24.9 Å². The van der Waals surface area contributed by atoms with Gasteiger partial charge in [0.05, 0.1) is 43.3 Å². The molecule has 5 aromatic rings. The number of fused-ring (bicyclic) bond motifs is 2. The van der Waals surface area contributed by atoms with Gasteiger partial charge in [0.15, 0.2) is 18.1 Å². The van der Waals surface area contributed by atoms with Gasteiger partial charge in [0.25, 0.3) is 17.7 Å². The Labute approximate surface area is 390 Å². The number of likely N-dealkylation sites (tertiary alicyclic amines) is 1. The number of nitrogen functional groups attached to an aromatic ring is 1. The third-order valence-corrected chi connectivity index (χ3v) is 12.4. The Balaban J connectivity index is 0.628. The second-order valence-electron chi connectivity index (χ2n) is 16.7. The summed E-state index contributed by atoms with van der Waals surface area (Å²) in [5.41, 5.74) is 9.78. The molecule has 3 aromatic heterocycles. The van der Waals surface area contributed by atoms with Crippen LogP contribution in [0.2, 0.25) is 0 Å². The van der Waals surface area contributed by atoms with Gasteiger partial charge in [-0.05, 0) is 55.7 Å². The fraction of sp³-hybridized carbons (Fsp3) is 0.391. The summed E-state index contributed by atoms with van der Waals surface area (Å²) in [5, 5.41) is 8.24. The van der Waals surface area contributed by atoms with Gasteiger partial charge < -0.3 is 44.8 Å². The van der Waals surface area contributed by atoms with Gasteiger partial charge in [-0.3, -0.25) is 48.9 Å². The number of ether oxygens (including phenoxy) is 3. The van der Waals surface area contributed by atoms with Crippen LogP contribution in [-0.2, 0) is 28.7 Å². The summed E-state index contributed by atoms with van der Waals surface area (Å²) in [7, 11) is 0. The second kappa shape index (κ2) is 20.5. The van der Waals surface area contributed by atoms with Crippen LogP contribution in [-0.4, -0.2) is 165 Å². The van der Waals surface area contributed by atoms with E-state index in [0.717, 1.165) is 55.3 Å². The molecule has 0 radical (unpaired) electrons. The number of hydrogen-bond donors (Lipinski definition) is 4. The molecule has 1 atom stereocenters. The molecule has 22 nitrogen and oxygen atoms in total. The molecule has 3 fully saturated rings. The van der Waals surface area contributed by atoms with Crippen molar-refractivity contribution in [3.63, 3.8) is 0 Å². The molecule has 6 amide bonds. The van der Waals surface area contributed by atoms with Crippen LogP contribution < -0.4 is 31.3 Å². The molecule has 4 aliphatic heterocycles. The zero-order valence-corrected chi connectivity index (χ0v) is 37.2. The van der Waals surface area contributed by atoms with Crippen LogP contribution in [0.3, 0.4) is 0 Å². The maximum Gasteiger partial charge on any atom is 0.266 e. The molecule has 22 heteroatoms. The first kappa shape index (κ1) is 45.6. The second-order valence-corrected chi connectivity index (χ2v) is 16.7. The monoisotopic (exact) mass is 929 g/mol. The van der Waals surface area contributed by atoms with Crippen molar-refractivity contribution in [1.29, 1.82) is 0 Å². The molecular weight excluding hydrogens is 879 g/mol. The number of carbonyl (C=O) groups excluding carboxylic acids is 6. The van der Waals surface area contributed by atoms with Crippen LogP contribution >= 0.6 is 0 Å². The Kier molecular flexibility index (Phi) is 13.8. The number of nitrogens with two attached hydrogens (primary N) is 1. The van der Waals surface area contributed by atoms with Gasteiger partial charge in [-0.25, -0.2) is 15.0 Å². The maximum atomic E-state index is 13.2. The fourth-order valence-corrected chi connectivity index (χ4v) is 8.89. The van der Waals surface area contributed by atoms with Gasteiger partial charge >= 0.3 is 0 Å². The highest BCUT2D eigenvalue weighted by Gasteiger charge is 2.46. The lowest BCUT2D eigenvalue weighted by atomic mass is 10.0. The number of rotatable bonds is 17. The van der Waals surface area contributed by atoms with E-state index < -0.39 is 42.2 Å². The van der Waals surface area contributed by atoms with E-state index >= 15 is 0 Å². The topological polar surface area (TPSA) is 261 Å². The number of anilines is 4. The maximum absolute atomic E-state index is 13.2. The summed E-state index contributed by atoms with van der Waals surface area (Å²) in [5.74, 6) is -2.16. The van der Waals surface area contributed by atoms with E-state index in [1.54, 1.807) is 12.4 Å².